The maximum atomic E-state index is 5.66. The Bertz CT molecular complexity index is 827. The van der Waals surface area contributed by atoms with Gasteiger partial charge in [-0.05, 0) is 61.1 Å². The van der Waals surface area contributed by atoms with Gasteiger partial charge in [-0.2, -0.15) is 0 Å². The number of nitrogens with one attached hydrogen (secondary N) is 1. The Morgan fingerprint density at radius 3 is 2.71 bits per heavy atom. The van der Waals surface area contributed by atoms with Gasteiger partial charge in [0.15, 0.2) is 0 Å². The Morgan fingerprint density at radius 1 is 1.12 bits per heavy atom. The van der Waals surface area contributed by atoms with E-state index in [2.05, 4.69) is 71.5 Å². The van der Waals surface area contributed by atoms with E-state index in [1.54, 1.807) is 7.11 Å². The molecule has 3 atom stereocenters. The number of halogens is 1. The third kappa shape index (κ3) is 2.37. The maximum absolute atomic E-state index is 5.66. The Morgan fingerprint density at radius 2 is 1.92 bits per heavy atom. The first kappa shape index (κ1) is 15.8. The molecule has 1 aliphatic heterocycles. The van der Waals surface area contributed by atoms with E-state index in [0.29, 0.717) is 11.8 Å². The number of aryl methyl sites for hydroxylation is 2. The van der Waals surface area contributed by atoms with Crippen LogP contribution in [-0.4, -0.2) is 7.11 Å². The molecule has 0 spiro atoms. The highest BCUT2D eigenvalue weighted by Crippen LogP contribution is 2.52. The first-order valence-corrected chi connectivity index (χ1v) is 9.26. The number of anilines is 1. The Labute approximate surface area is 152 Å². The lowest BCUT2D eigenvalue weighted by Crippen LogP contribution is -2.30. The second-order valence-corrected chi connectivity index (χ2v) is 7.77. The van der Waals surface area contributed by atoms with Crippen LogP contribution in [0.15, 0.2) is 47.0 Å². The minimum atomic E-state index is 0.255. The molecular formula is C21H22BrNO. The van der Waals surface area contributed by atoms with Crippen molar-refractivity contribution in [1.29, 1.82) is 0 Å². The second-order valence-electron chi connectivity index (χ2n) is 6.85. The van der Waals surface area contributed by atoms with Crippen LogP contribution in [0.5, 0.6) is 5.75 Å². The number of fused-ring (bicyclic) bond motifs is 3. The molecule has 1 aliphatic carbocycles. The highest BCUT2D eigenvalue weighted by molar-refractivity contribution is 9.10. The predicted molar refractivity (Wildman–Crippen MR) is 103 cm³/mol. The van der Waals surface area contributed by atoms with Crippen molar-refractivity contribution in [3.8, 4) is 5.75 Å². The summed E-state index contributed by atoms with van der Waals surface area (Å²) >= 11 is 3.62. The summed E-state index contributed by atoms with van der Waals surface area (Å²) in [6, 6.07) is 11.0. The van der Waals surface area contributed by atoms with Gasteiger partial charge in [0.1, 0.15) is 5.75 Å². The number of methoxy groups -OCH3 is 1. The van der Waals surface area contributed by atoms with E-state index < -0.39 is 0 Å². The molecule has 4 rings (SSSR count). The lowest BCUT2D eigenvalue weighted by molar-refractivity contribution is 0.380. The molecule has 24 heavy (non-hydrogen) atoms. The topological polar surface area (TPSA) is 21.3 Å². The fraction of sp³-hybridized carbons (Fsp3) is 0.333. The number of benzene rings is 2. The van der Waals surface area contributed by atoms with E-state index in [0.717, 1.165) is 16.6 Å². The maximum Gasteiger partial charge on any atom is 0.124 e. The second kappa shape index (κ2) is 5.96. The van der Waals surface area contributed by atoms with Gasteiger partial charge >= 0.3 is 0 Å². The molecule has 1 N–H and O–H groups in total. The van der Waals surface area contributed by atoms with E-state index in [-0.39, 0.29) is 6.04 Å². The summed E-state index contributed by atoms with van der Waals surface area (Å²) in [6.07, 6.45) is 5.84. The molecule has 2 aliphatic rings. The van der Waals surface area contributed by atoms with Crippen LogP contribution in [-0.2, 0) is 0 Å². The van der Waals surface area contributed by atoms with Crippen molar-refractivity contribution in [3.63, 3.8) is 0 Å². The molecular weight excluding hydrogens is 362 g/mol. The number of allylic oxidation sites excluding steroid dienone is 2. The van der Waals surface area contributed by atoms with E-state index in [4.69, 9.17) is 4.74 Å². The van der Waals surface area contributed by atoms with Crippen LogP contribution in [0, 0.1) is 19.8 Å². The molecule has 0 fully saturated rings. The number of hydrogen-bond acceptors (Lipinski definition) is 2. The van der Waals surface area contributed by atoms with Crippen molar-refractivity contribution in [1.82, 2.24) is 0 Å². The van der Waals surface area contributed by atoms with E-state index in [9.17, 15) is 0 Å². The largest absolute Gasteiger partial charge is 0.496 e. The molecule has 0 saturated heterocycles. The van der Waals surface area contributed by atoms with Crippen LogP contribution in [0.2, 0.25) is 0 Å². The van der Waals surface area contributed by atoms with Crippen molar-refractivity contribution in [3.05, 3.63) is 69.2 Å². The first-order chi connectivity index (χ1) is 11.6. The van der Waals surface area contributed by atoms with Crippen LogP contribution in [0.3, 0.4) is 0 Å². The van der Waals surface area contributed by atoms with Gasteiger partial charge in [-0.1, -0.05) is 40.2 Å². The minimum absolute atomic E-state index is 0.255. The molecule has 2 aromatic carbocycles. The standard InChI is InChI=1S/C21H22BrNO/c1-12-7-8-13(2)20-19(12)15-5-4-6-16(15)21(23-20)17-11-14(22)9-10-18(17)24-3/h4-5,7-11,15-16,21,23H,6H2,1-3H3/t15-,16+,21-/m1/s1. The normalized spacial score (nSPS) is 24.2. The van der Waals surface area contributed by atoms with Crippen molar-refractivity contribution >= 4 is 21.6 Å². The highest BCUT2D eigenvalue weighted by atomic mass is 79.9. The molecule has 0 unspecified atom stereocenters. The smallest absolute Gasteiger partial charge is 0.124 e. The molecule has 2 nitrogen and oxygen atoms in total. The molecule has 1 heterocycles. The van der Waals surface area contributed by atoms with Gasteiger partial charge in [-0.15, -0.1) is 0 Å². The zero-order chi connectivity index (χ0) is 16.8. The fourth-order valence-electron chi connectivity index (χ4n) is 4.30. The number of rotatable bonds is 2. The number of ether oxygens (including phenoxy) is 1. The van der Waals surface area contributed by atoms with Gasteiger partial charge in [-0.3, -0.25) is 0 Å². The monoisotopic (exact) mass is 383 g/mol. The van der Waals surface area contributed by atoms with Crippen molar-refractivity contribution < 1.29 is 4.74 Å². The summed E-state index contributed by atoms with van der Waals surface area (Å²) < 4.78 is 6.75. The lowest BCUT2D eigenvalue weighted by atomic mass is 9.75. The van der Waals surface area contributed by atoms with Crippen molar-refractivity contribution in [2.45, 2.75) is 32.2 Å². The van der Waals surface area contributed by atoms with Crippen LogP contribution in [0.25, 0.3) is 0 Å². The van der Waals surface area contributed by atoms with Gasteiger partial charge in [0.25, 0.3) is 0 Å². The summed E-state index contributed by atoms with van der Waals surface area (Å²) in [7, 11) is 1.75. The molecule has 0 amide bonds. The van der Waals surface area contributed by atoms with Crippen LogP contribution >= 0.6 is 15.9 Å². The quantitative estimate of drug-likeness (QED) is 0.651. The molecule has 0 aromatic heterocycles. The summed E-state index contributed by atoms with van der Waals surface area (Å²) in [4.78, 5) is 0. The van der Waals surface area contributed by atoms with E-state index >= 15 is 0 Å². The molecule has 3 heteroatoms. The Kier molecular flexibility index (Phi) is 3.92. The zero-order valence-corrected chi connectivity index (χ0v) is 15.9. The van der Waals surface area contributed by atoms with Crippen molar-refractivity contribution in [2.24, 2.45) is 5.92 Å². The minimum Gasteiger partial charge on any atom is -0.496 e. The third-order valence-electron chi connectivity index (χ3n) is 5.47. The van der Waals surface area contributed by atoms with Crippen LogP contribution < -0.4 is 10.1 Å². The van der Waals surface area contributed by atoms with E-state index in [1.165, 1.54) is 27.9 Å². The summed E-state index contributed by atoms with van der Waals surface area (Å²) in [5.41, 5.74) is 6.70. The van der Waals surface area contributed by atoms with Crippen LogP contribution in [0.1, 0.15) is 40.6 Å². The number of hydrogen-bond donors (Lipinski definition) is 1. The molecule has 124 valence electrons. The fourth-order valence-corrected chi connectivity index (χ4v) is 4.68. The lowest BCUT2D eigenvalue weighted by Gasteiger charge is -2.39. The van der Waals surface area contributed by atoms with Crippen LogP contribution in [0.4, 0.5) is 5.69 Å². The first-order valence-electron chi connectivity index (χ1n) is 8.47. The predicted octanol–water partition coefficient (Wildman–Crippen LogP) is 5.90. The molecule has 0 saturated carbocycles. The van der Waals surface area contributed by atoms with Gasteiger partial charge in [-0.25, -0.2) is 0 Å². The van der Waals surface area contributed by atoms with Gasteiger partial charge in [0, 0.05) is 21.6 Å². The van der Waals surface area contributed by atoms with Gasteiger partial charge < -0.3 is 10.1 Å². The SMILES string of the molecule is COc1ccc(Br)cc1[C@@H]1Nc2c(C)ccc(C)c2[C@@H]2C=CC[C@@H]21. The van der Waals surface area contributed by atoms with Gasteiger partial charge in [0.05, 0.1) is 13.2 Å². The summed E-state index contributed by atoms with van der Waals surface area (Å²) in [5, 5.41) is 3.85. The van der Waals surface area contributed by atoms with Crippen molar-refractivity contribution in [2.75, 3.05) is 12.4 Å². The van der Waals surface area contributed by atoms with E-state index in [1.807, 2.05) is 6.07 Å². The molecule has 0 bridgehead atoms. The Balaban J connectivity index is 1.88. The Hall–Kier alpha value is -1.74. The highest BCUT2D eigenvalue weighted by Gasteiger charge is 2.40. The average molecular weight is 384 g/mol. The molecule has 2 aromatic rings. The average Bonchev–Trinajstić information content (AvgIpc) is 3.06. The third-order valence-corrected chi connectivity index (χ3v) is 5.97. The molecule has 0 radical (unpaired) electrons. The van der Waals surface area contributed by atoms with Gasteiger partial charge in [0.2, 0.25) is 0 Å². The zero-order valence-electron chi connectivity index (χ0n) is 14.3. The summed E-state index contributed by atoms with van der Waals surface area (Å²) in [5.74, 6) is 1.96. The summed E-state index contributed by atoms with van der Waals surface area (Å²) in [6.45, 7) is 4.42.